The van der Waals surface area contributed by atoms with E-state index in [4.69, 9.17) is 0 Å². The van der Waals surface area contributed by atoms with E-state index in [-0.39, 0.29) is 5.78 Å². The SMILES string of the molecule is Cc1cccc(C(=O)CCc2ccncc2)c1. The van der Waals surface area contributed by atoms with Gasteiger partial charge in [0.15, 0.2) is 5.78 Å². The summed E-state index contributed by atoms with van der Waals surface area (Å²) in [6, 6.07) is 11.6. The van der Waals surface area contributed by atoms with Gasteiger partial charge in [0.05, 0.1) is 0 Å². The van der Waals surface area contributed by atoms with Crippen LogP contribution >= 0.6 is 0 Å². The molecule has 2 nitrogen and oxygen atoms in total. The molecule has 0 saturated heterocycles. The summed E-state index contributed by atoms with van der Waals surface area (Å²) in [5.41, 5.74) is 3.08. The topological polar surface area (TPSA) is 30.0 Å². The van der Waals surface area contributed by atoms with Crippen LogP contribution in [0.1, 0.15) is 27.9 Å². The highest BCUT2D eigenvalue weighted by Crippen LogP contribution is 2.09. The molecule has 2 rings (SSSR count). The van der Waals surface area contributed by atoms with Crippen LogP contribution in [0.25, 0.3) is 0 Å². The molecule has 86 valence electrons. The van der Waals surface area contributed by atoms with Crippen LogP contribution in [0.15, 0.2) is 48.8 Å². The summed E-state index contributed by atoms with van der Waals surface area (Å²) in [5.74, 6) is 0.200. The Balaban J connectivity index is 1.98. The Morgan fingerprint density at radius 1 is 1.18 bits per heavy atom. The monoisotopic (exact) mass is 225 g/mol. The lowest BCUT2D eigenvalue weighted by molar-refractivity contribution is 0.0982. The Hall–Kier alpha value is -1.96. The number of carbonyl (C=O) groups excluding carboxylic acids is 1. The summed E-state index contributed by atoms with van der Waals surface area (Å²) in [5, 5.41) is 0. The van der Waals surface area contributed by atoms with Crippen molar-refractivity contribution in [3.05, 3.63) is 65.5 Å². The fourth-order valence-electron chi connectivity index (χ4n) is 1.77. The molecular formula is C15H15NO. The first-order valence-electron chi connectivity index (χ1n) is 5.74. The summed E-state index contributed by atoms with van der Waals surface area (Å²) in [6.07, 6.45) is 4.84. The minimum absolute atomic E-state index is 0.200. The fraction of sp³-hybridized carbons (Fsp3) is 0.200. The van der Waals surface area contributed by atoms with Gasteiger partial charge in [-0.25, -0.2) is 0 Å². The number of benzene rings is 1. The van der Waals surface area contributed by atoms with Gasteiger partial charge in [0.2, 0.25) is 0 Å². The lowest BCUT2D eigenvalue weighted by atomic mass is 10.0. The number of aromatic nitrogens is 1. The lowest BCUT2D eigenvalue weighted by Gasteiger charge is -2.02. The molecule has 0 radical (unpaired) electrons. The van der Waals surface area contributed by atoms with E-state index < -0.39 is 0 Å². The molecule has 1 heterocycles. The highest BCUT2D eigenvalue weighted by Gasteiger charge is 2.05. The Morgan fingerprint density at radius 2 is 1.94 bits per heavy atom. The zero-order valence-corrected chi connectivity index (χ0v) is 9.89. The quantitative estimate of drug-likeness (QED) is 0.748. The molecule has 0 unspecified atom stereocenters. The van der Waals surface area contributed by atoms with E-state index in [9.17, 15) is 4.79 Å². The normalized spacial score (nSPS) is 10.2. The maximum absolute atomic E-state index is 12.0. The molecule has 17 heavy (non-hydrogen) atoms. The molecule has 2 heteroatoms. The summed E-state index contributed by atoms with van der Waals surface area (Å²) in [4.78, 5) is 15.9. The van der Waals surface area contributed by atoms with Crippen molar-refractivity contribution in [3.63, 3.8) is 0 Å². The molecule has 1 aromatic carbocycles. The molecule has 2 aromatic rings. The molecule has 0 N–H and O–H groups in total. The van der Waals surface area contributed by atoms with Crippen LogP contribution in [-0.4, -0.2) is 10.8 Å². The number of pyridine rings is 1. The van der Waals surface area contributed by atoms with Crippen molar-refractivity contribution >= 4 is 5.78 Å². The molecule has 0 aliphatic carbocycles. The van der Waals surface area contributed by atoms with Gasteiger partial charge in [-0.3, -0.25) is 9.78 Å². The van der Waals surface area contributed by atoms with Crippen molar-refractivity contribution in [1.29, 1.82) is 0 Å². The van der Waals surface area contributed by atoms with E-state index >= 15 is 0 Å². The van der Waals surface area contributed by atoms with Crippen LogP contribution in [-0.2, 0) is 6.42 Å². The Bertz CT molecular complexity index is 505. The van der Waals surface area contributed by atoms with E-state index in [1.807, 2.05) is 43.3 Å². The molecule has 0 aliphatic rings. The molecule has 1 aromatic heterocycles. The van der Waals surface area contributed by atoms with E-state index in [2.05, 4.69) is 4.98 Å². The lowest BCUT2D eigenvalue weighted by Crippen LogP contribution is -2.01. The maximum Gasteiger partial charge on any atom is 0.163 e. The molecule has 0 bridgehead atoms. The number of nitrogens with zero attached hydrogens (tertiary/aromatic N) is 1. The highest BCUT2D eigenvalue weighted by molar-refractivity contribution is 5.96. The summed E-state index contributed by atoms with van der Waals surface area (Å²) in [7, 11) is 0. The second kappa shape index (κ2) is 5.39. The van der Waals surface area contributed by atoms with Crippen molar-refractivity contribution in [2.45, 2.75) is 19.8 Å². The number of carbonyl (C=O) groups is 1. The van der Waals surface area contributed by atoms with Crippen molar-refractivity contribution in [3.8, 4) is 0 Å². The van der Waals surface area contributed by atoms with Crippen LogP contribution in [0.3, 0.4) is 0 Å². The van der Waals surface area contributed by atoms with Crippen LogP contribution < -0.4 is 0 Å². The number of hydrogen-bond donors (Lipinski definition) is 0. The third-order valence-corrected chi connectivity index (χ3v) is 2.73. The van der Waals surface area contributed by atoms with E-state index in [1.165, 1.54) is 0 Å². The standard InChI is InChI=1S/C15H15NO/c1-12-3-2-4-14(11-12)15(17)6-5-13-7-9-16-10-8-13/h2-4,7-11H,5-6H2,1H3. The number of hydrogen-bond acceptors (Lipinski definition) is 2. The molecule has 0 amide bonds. The number of Topliss-reactive ketones (excluding diaryl/α,β-unsaturated/α-hetero) is 1. The maximum atomic E-state index is 12.0. The van der Waals surface area contributed by atoms with Gasteiger partial charge in [-0.15, -0.1) is 0 Å². The highest BCUT2D eigenvalue weighted by atomic mass is 16.1. The molecule has 0 saturated carbocycles. The van der Waals surface area contributed by atoms with Gasteiger partial charge in [-0.1, -0.05) is 23.8 Å². The average molecular weight is 225 g/mol. The molecule has 0 fully saturated rings. The minimum atomic E-state index is 0.200. The molecule has 0 aliphatic heterocycles. The zero-order chi connectivity index (χ0) is 12.1. The van der Waals surface area contributed by atoms with Crippen LogP contribution in [0.5, 0.6) is 0 Å². The van der Waals surface area contributed by atoms with Crippen LogP contribution in [0, 0.1) is 6.92 Å². The van der Waals surface area contributed by atoms with Crippen molar-refractivity contribution in [2.75, 3.05) is 0 Å². The van der Waals surface area contributed by atoms with Gasteiger partial charge < -0.3 is 0 Å². The number of aryl methyl sites for hydroxylation is 2. The molecular weight excluding hydrogens is 210 g/mol. The van der Waals surface area contributed by atoms with Crippen molar-refractivity contribution in [2.24, 2.45) is 0 Å². The molecule has 0 spiro atoms. The predicted molar refractivity (Wildman–Crippen MR) is 68.1 cm³/mol. The van der Waals surface area contributed by atoms with Crippen molar-refractivity contribution in [1.82, 2.24) is 4.98 Å². The van der Waals surface area contributed by atoms with E-state index in [0.29, 0.717) is 6.42 Å². The van der Waals surface area contributed by atoms with E-state index in [0.717, 1.165) is 23.1 Å². The van der Waals surface area contributed by atoms with Gasteiger partial charge in [-0.2, -0.15) is 0 Å². The predicted octanol–water partition coefficient (Wildman–Crippen LogP) is 3.21. The Morgan fingerprint density at radius 3 is 2.65 bits per heavy atom. The summed E-state index contributed by atoms with van der Waals surface area (Å²) in [6.45, 7) is 2.00. The minimum Gasteiger partial charge on any atom is -0.294 e. The van der Waals surface area contributed by atoms with Crippen LogP contribution in [0.4, 0.5) is 0 Å². The zero-order valence-electron chi connectivity index (χ0n) is 9.89. The fourth-order valence-corrected chi connectivity index (χ4v) is 1.77. The van der Waals surface area contributed by atoms with E-state index in [1.54, 1.807) is 12.4 Å². The van der Waals surface area contributed by atoms with Crippen molar-refractivity contribution < 1.29 is 4.79 Å². The largest absolute Gasteiger partial charge is 0.294 e. The Labute approximate surface area is 101 Å². The van der Waals surface area contributed by atoms with Gasteiger partial charge in [0, 0.05) is 24.4 Å². The number of ketones is 1. The smallest absolute Gasteiger partial charge is 0.163 e. The van der Waals surface area contributed by atoms with Gasteiger partial charge >= 0.3 is 0 Å². The van der Waals surface area contributed by atoms with Gasteiger partial charge in [0.1, 0.15) is 0 Å². The number of rotatable bonds is 4. The van der Waals surface area contributed by atoms with Gasteiger partial charge in [-0.05, 0) is 37.1 Å². The molecule has 0 atom stereocenters. The first-order chi connectivity index (χ1) is 8.25. The van der Waals surface area contributed by atoms with Gasteiger partial charge in [0.25, 0.3) is 0 Å². The summed E-state index contributed by atoms with van der Waals surface area (Å²) >= 11 is 0. The average Bonchev–Trinajstić information content (AvgIpc) is 2.37. The van der Waals surface area contributed by atoms with Crippen LogP contribution in [0.2, 0.25) is 0 Å². The first kappa shape index (κ1) is 11.5. The second-order valence-corrected chi connectivity index (χ2v) is 4.15. The third-order valence-electron chi connectivity index (χ3n) is 2.73. The Kier molecular flexibility index (Phi) is 3.66. The third kappa shape index (κ3) is 3.25. The summed E-state index contributed by atoms with van der Waals surface area (Å²) < 4.78 is 0. The second-order valence-electron chi connectivity index (χ2n) is 4.15. The first-order valence-corrected chi connectivity index (χ1v) is 5.74.